The molecule has 0 saturated carbocycles. The summed E-state index contributed by atoms with van der Waals surface area (Å²) in [6, 6.07) is 10.4. The summed E-state index contributed by atoms with van der Waals surface area (Å²) in [5.74, 6) is 0.101. The van der Waals surface area contributed by atoms with Crippen molar-refractivity contribution in [2.75, 3.05) is 5.32 Å². The molecule has 0 fully saturated rings. The molecule has 0 bridgehead atoms. The van der Waals surface area contributed by atoms with Gasteiger partial charge in [-0.2, -0.15) is 23.3 Å². The number of anilines is 1. The van der Waals surface area contributed by atoms with Gasteiger partial charge in [0.2, 0.25) is 5.95 Å². The first-order valence-corrected chi connectivity index (χ1v) is 7.73. The molecular formula is C18H12F4N4. The van der Waals surface area contributed by atoms with Crippen molar-refractivity contribution in [2.24, 2.45) is 0 Å². The van der Waals surface area contributed by atoms with E-state index in [1.54, 1.807) is 16.8 Å². The van der Waals surface area contributed by atoms with E-state index in [1.165, 1.54) is 30.6 Å². The summed E-state index contributed by atoms with van der Waals surface area (Å²) >= 11 is 0. The molecular weight excluding hydrogens is 348 g/mol. The Morgan fingerprint density at radius 1 is 0.962 bits per heavy atom. The maximum Gasteiger partial charge on any atom is 0.416 e. The van der Waals surface area contributed by atoms with Gasteiger partial charge in [-0.25, -0.2) is 9.07 Å². The first-order chi connectivity index (χ1) is 12.4. The Morgan fingerprint density at radius 2 is 1.65 bits per heavy atom. The third-order valence-corrected chi connectivity index (χ3v) is 4.14. The smallest absolute Gasteiger partial charge is 0.324 e. The Labute approximate surface area is 145 Å². The molecule has 0 radical (unpaired) electrons. The maximum atomic E-state index is 13.2. The van der Waals surface area contributed by atoms with Crippen LogP contribution in [-0.4, -0.2) is 14.8 Å². The average molecular weight is 360 g/mol. The van der Waals surface area contributed by atoms with Crippen molar-refractivity contribution in [1.82, 2.24) is 14.8 Å². The van der Waals surface area contributed by atoms with Gasteiger partial charge in [0.05, 0.1) is 5.56 Å². The van der Waals surface area contributed by atoms with Gasteiger partial charge >= 0.3 is 6.18 Å². The van der Waals surface area contributed by atoms with E-state index in [9.17, 15) is 17.6 Å². The molecule has 2 heterocycles. The van der Waals surface area contributed by atoms with Crippen LogP contribution < -0.4 is 5.32 Å². The Bertz CT molecular complexity index is 956. The van der Waals surface area contributed by atoms with Crippen LogP contribution in [0.15, 0.2) is 60.9 Å². The summed E-state index contributed by atoms with van der Waals surface area (Å²) in [5, 5.41) is 7.24. The van der Waals surface area contributed by atoms with Crippen molar-refractivity contribution in [2.45, 2.75) is 12.2 Å². The van der Waals surface area contributed by atoms with Gasteiger partial charge in [0.25, 0.3) is 0 Å². The van der Waals surface area contributed by atoms with E-state index in [0.717, 1.165) is 17.7 Å². The summed E-state index contributed by atoms with van der Waals surface area (Å²) in [5.41, 5.74) is 1.33. The maximum absolute atomic E-state index is 13.2. The molecule has 1 N–H and O–H groups in total. The zero-order chi connectivity index (χ0) is 18.3. The van der Waals surface area contributed by atoms with E-state index in [2.05, 4.69) is 15.4 Å². The van der Waals surface area contributed by atoms with Gasteiger partial charge in [0, 0.05) is 5.70 Å². The highest BCUT2D eigenvalue weighted by Crippen LogP contribution is 2.34. The molecule has 2 aromatic carbocycles. The number of hydrogen-bond donors (Lipinski definition) is 1. The predicted molar refractivity (Wildman–Crippen MR) is 87.6 cm³/mol. The summed E-state index contributed by atoms with van der Waals surface area (Å²) in [7, 11) is 0. The van der Waals surface area contributed by atoms with E-state index >= 15 is 0 Å². The molecule has 26 heavy (non-hydrogen) atoms. The quantitative estimate of drug-likeness (QED) is 0.685. The molecule has 3 aromatic rings. The SMILES string of the molecule is Fc1ccc(C2=C[C@H](c3ccc(C(F)(F)F)cc3)n3ncnc3N2)cc1. The Kier molecular flexibility index (Phi) is 3.75. The Morgan fingerprint density at radius 3 is 2.31 bits per heavy atom. The molecule has 1 atom stereocenters. The molecule has 8 heteroatoms. The van der Waals surface area contributed by atoms with Gasteiger partial charge in [-0.3, -0.25) is 0 Å². The zero-order valence-corrected chi connectivity index (χ0v) is 13.2. The first kappa shape index (κ1) is 16.3. The van der Waals surface area contributed by atoms with E-state index in [4.69, 9.17) is 0 Å². The normalized spacial score (nSPS) is 16.6. The molecule has 0 amide bonds. The number of fused-ring (bicyclic) bond motifs is 1. The van der Waals surface area contributed by atoms with Gasteiger partial charge in [0.1, 0.15) is 18.2 Å². The molecule has 132 valence electrons. The molecule has 0 aliphatic carbocycles. The van der Waals surface area contributed by atoms with E-state index < -0.39 is 17.8 Å². The number of benzene rings is 2. The molecule has 4 nitrogen and oxygen atoms in total. The van der Waals surface area contributed by atoms with Crippen molar-refractivity contribution in [3.05, 3.63) is 83.4 Å². The highest BCUT2D eigenvalue weighted by atomic mass is 19.4. The lowest BCUT2D eigenvalue weighted by molar-refractivity contribution is -0.137. The number of halogens is 4. The summed E-state index contributed by atoms with van der Waals surface area (Å²) in [4.78, 5) is 4.13. The standard InChI is InChI=1S/C18H12F4N4/c19-14-7-3-11(4-8-14)15-9-16(26-17(25-15)23-10-24-26)12-1-5-13(6-2-12)18(20,21)22/h1-10,16H,(H,23,24,25)/t16-/m1/s1. The van der Waals surface area contributed by atoms with Crippen molar-refractivity contribution in [1.29, 1.82) is 0 Å². The molecule has 1 aliphatic rings. The first-order valence-electron chi connectivity index (χ1n) is 7.73. The van der Waals surface area contributed by atoms with Crippen LogP contribution in [0.4, 0.5) is 23.5 Å². The van der Waals surface area contributed by atoms with E-state index in [-0.39, 0.29) is 5.82 Å². The number of aromatic nitrogens is 3. The third-order valence-electron chi connectivity index (χ3n) is 4.14. The summed E-state index contributed by atoms with van der Waals surface area (Å²) in [6.07, 6.45) is -1.21. The summed E-state index contributed by atoms with van der Waals surface area (Å²) in [6.45, 7) is 0. The van der Waals surface area contributed by atoms with Crippen LogP contribution in [0.5, 0.6) is 0 Å². The largest absolute Gasteiger partial charge is 0.416 e. The number of hydrogen-bond acceptors (Lipinski definition) is 3. The second-order valence-corrected chi connectivity index (χ2v) is 5.81. The number of nitrogens with one attached hydrogen (secondary N) is 1. The average Bonchev–Trinajstić information content (AvgIpc) is 3.09. The highest BCUT2D eigenvalue weighted by molar-refractivity contribution is 5.77. The van der Waals surface area contributed by atoms with Crippen LogP contribution >= 0.6 is 0 Å². The molecule has 0 unspecified atom stereocenters. The van der Waals surface area contributed by atoms with Gasteiger partial charge in [0.15, 0.2) is 0 Å². The molecule has 1 aromatic heterocycles. The number of rotatable bonds is 2. The van der Waals surface area contributed by atoms with Crippen molar-refractivity contribution in [3.8, 4) is 0 Å². The van der Waals surface area contributed by atoms with Crippen LogP contribution in [0.1, 0.15) is 22.7 Å². The fourth-order valence-electron chi connectivity index (χ4n) is 2.84. The van der Waals surface area contributed by atoms with Gasteiger partial charge < -0.3 is 5.32 Å². The molecule has 1 aliphatic heterocycles. The van der Waals surface area contributed by atoms with Crippen LogP contribution in [-0.2, 0) is 6.18 Å². The molecule has 4 rings (SSSR count). The lowest BCUT2D eigenvalue weighted by Gasteiger charge is -2.24. The minimum atomic E-state index is -4.39. The van der Waals surface area contributed by atoms with E-state index in [0.29, 0.717) is 17.2 Å². The Hall–Kier alpha value is -3.16. The second kappa shape index (κ2) is 5.98. The van der Waals surface area contributed by atoms with Crippen LogP contribution in [0, 0.1) is 5.82 Å². The van der Waals surface area contributed by atoms with Crippen molar-refractivity contribution >= 4 is 11.6 Å². The number of allylic oxidation sites excluding steroid dienone is 1. The molecule has 0 saturated heterocycles. The highest BCUT2D eigenvalue weighted by Gasteiger charge is 2.31. The minimum absolute atomic E-state index is 0.354. The monoisotopic (exact) mass is 360 g/mol. The van der Waals surface area contributed by atoms with Crippen LogP contribution in [0.3, 0.4) is 0 Å². The lowest BCUT2D eigenvalue weighted by atomic mass is 10.0. The van der Waals surface area contributed by atoms with Gasteiger partial charge in [-0.1, -0.05) is 12.1 Å². The fraction of sp³-hybridized carbons (Fsp3) is 0.111. The predicted octanol–water partition coefficient (Wildman–Crippen LogP) is 4.49. The molecule has 0 spiro atoms. The second-order valence-electron chi connectivity index (χ2n) is 5.81. The van der Waals surface area contributed by atoms with E-state index in [1.807, 2.05) is 6.08 Å². The fourth-order valence-corrected chi connectivity index (χ4v) is 2.84. The van der Waals surface area contributed by atoms with Crippen molar-refractivity contribution in [3.63, 3.8) is 0 Å². The lowest BCUT2D eigenvalue weighted by Crippen LogP contribution is -2.20. The topological polar surface area (TPSA) is 42.7 Å². The van der Waals surface area contributed by atoms with Gasteiger partial charge in [-0.05, 0) is 53.6 Å². The van der Waals surface area contributed by atoms with Crippen molar-refractivity contribution < 1.29 is 17.6 Å². The third kappa shape index (κ3) is 2.94. The van der Waals surface area contributed by atoms with Gasteiger partial charge in [-0.15, -0.1) is 0 Å². The van der Waals surface area contributed by atoms with Crippen LogP contribution in [0.25, 0.3) is 5.70 Å². The van der Waals surface area contributed by atoms with Crippen LogP contribution in [0.2, 0.25) is 0 Å². The number of alkyl halides is 3. The zero-order valence-electron chi connectivity index (χ0n) is 13.2. The number of nitrogens with zero attached hydrogens (tertiary/aromatic N) is 3. The Balaban J connectivity index is 1.75. The summed E-state index contributed by atoms with van der Waals surface area (Å²) < 4.78 is 53.1. The minimum Gasteiger partial charge on any atom is -0.324 e.